The zero-order valence-corrected chi connectivity index (χ0v) is 57.9. The van der Waals surface area contributed by atoms with Crippen LogP contribution in [-0.2, 0) is 54.9 Å². The Bertz CT molecular complexity index is 3690. The van der Waals surface area contributed by atoms with E-state index in [1.54, 1.807) is 43.3 Å². The number of piperidine rings is 2. The summed E-state index contributed by atoms with van der Waals surface area (Å²) in [5.74, 6) is -1.81. The molecule has 7 N–H and O–H groups in total. The molecule has 11 rings (SSSR count). The van der Waals surface area contributed by atoms with Gasteiger partial charge in [0.15, 0.2) is 12.3 Å². The average Bonchev–Trinajstić information content (AvgIpc) is 1.18. The lowest BCUT2D eigenvalue weighted by atomic mass is 9.82. The van der Waals surface area contributed by atoms with Gasteiger partial charge in [0.2, 0.25) is 23.6 Å². The minimum absolute atomic E-state index is 0.0255. The largest absolute Gasteiger partial charge is 0.483 e. The molecule has 5 saturated heterocycles. The van der Waals surface area contributed by atoms with Crippen molar-refractivity contribution in [2.75, 3.05) is 113 Å². The maximum absolute atomic E-state index is 15.8. The molecule has 1 saturated carbocycles. The van der Waals surface area contributed by atoms with Gasteiger partial charge in [-0.1, -0.05) is 71.0 Å². The van der Waals surface area contributed by atoms with Crippen LogP contribution in [0.4, 0.5) is 30.5 Å². The van der Waals surface area contributed by atoms with Gasteiger partial charge in [-0.15, -0.1) is 11.3 Å². The smallest absolute Gasteiger partial charge is 0.258 e. The van der Waals surface area contributed by atoms with E-state index in [4.69, 9.17) is 4.74 Å². The van der Waals surface area contributed by atoms with Gasteiger partial charge >= 0.3 is 0 Å². The van der Waals surface area contributed by atoms with Crippen LogP contribution in [0.3, 0.4) is 0 Å². The lowest BCUT2D eigenvalue weighted by molar-refractivity contribution is -0.145. The number of aromatic nitrogens is 3. The number of halogens is 3. The molecule has 23 nitrogen and oxygen atoms in total. The molecule has 7 heterocycles. The Kier molecular flexibility index (Phi) is 22.3. The van der Waals surface area contributed by atoms with E-state index in [9.17, 15) is 38.3 Å². The zero-order chi connectivity index (χ0) is 69.5. The van der Waals surface area contributed by atoms with E-state index in [-0.39, 0.29) is 80.9 Å². The highest BCUT2D eigenvalue weighted by Crippen LogP contribution is 2.41. The predicted octanol–water partition coefficient (Wildman–Crippen LogP) is 5.83. The van der Waals surface area contributed by atoms with Crippen molar-refractivity contribution >= 4 is 64.1 Å². The molecule has 3 aromatic carbocycles. The van der Waals surface area contributed by atoms with Gasteiger partial charge in [0.25, 0.3) is 11.8 Å². The van der Waals surface area contributed by atoms with Crippen LogP contribution in [0.1, 0.15) is 114 Å². The van der Waals surface area contributed by atoms with E-state index < -0.39 is 64.2 Å². The second-order valence-corrected chi connectivity index (χ2v) is 30.1. The van der Waals surface area contributed by atoms with Crippen molar-refractivity contribution in [3.05, 3.63) is 112 Å². The number of β-amino-alcohol motifs (C(OH)–C–C–N with tert-alkyl or cyclic N) is 1. The third-order valence-electron chi connectivity index (χ3n) is 20.0. The number of amides is 6. The Labute approximate surface area is 575 Å². The third kappa shape index (κ3) is 18.3. The van der Waals surface area contributed by atoms with E-state index in [2.05, 4.69) is 80.3 Å². The zero-order valence-electron chi connectivity index (χ0n) is 57.1. The lowest BCUT2D eigenvalue weighted by Crippen LogP contribution is -2.66. The third-order valence-corrected chi connectivity index (χ3v) is 21.0. The molecule has 528 valence electrons. The van der Waals surface area contributed by atoms with Crippen molar-refractivity contribution in [1.82, 2.24) is 61.1 Å². The molecule has 98 heavy (non-hydrogen) atoms. The predicted molar refractivity (Wildman–Crippen MR) is 368 cm³/mol. The van der Waals surface area contributed by atoms with Gasteiger partial charge < -0.3 is 61.3 Å². The summed E-state index contributed by atoms with van der Waals surface area (Å²) < 4.78 is 52.3. The lowest BCUT2D eigenvalue weighted by Gasteiger charge is -2.48. The van der Waals surface area contributed by atoms with Crippen LogP contribution in [0.5, 0.6) is 5.75 Å². The van der Waals surface area contributed by atoms with Gasteiger partial charge in [-0.3, -0.25) is 38.6 Å². The second kappa shape index (κ2) is 30.6. The minimum atomic E-state index is -2.01. The average molecular weight is 1370 g/mol. The van der Waals surface area contributed by atoms with E-state index in [0.717, 1.165) is 91.7 Å². The molecule has 27 heteroatoms. The van der Waals surface area contributed by atoms with Gasteiger partial charge in [-0.05, 0) is 111 Å². The number of rotatable bonds is 25. The summed E-state index contributed by atoms with van der Waals surface area (Å²) in [4.78, 5) is 106. The Morgan fingerprint density at radius 1 is 0.786 bits per heavy atom. The number of benzene rings is 3. The fourth-order valence-electron chi connectivity index (χ4n) is 13.7. The van der Waals surface area contributed by atoms with Crippen molar-refractivity contribution in [3.8, 4) is 16.2 Å². The molecule has 6 fully saturated rings. The summed E-state index contributed by atoms with van der Waals surface area (Å²) in [6.45, 7) is 19.9. The summed E-state index contributed by atoms with van der Waals surface area (Å²) >= 11 is 1.46. The number of carbonyl (C=O) groups is 6. The molecule has 0 radical (unpaired) electrons. The summed E-state index contributed by atoms with van der Waals surface area (Å²) in [6, 6.07) is 15.8. The van der Waals surface area contributed by atoms with E-state index in [1.807, 2.05) is 43.3 Å². The molecule has 2 aromatic heterocycles. The minimum Gasteiger partial charge on any atom is -0.483 e. The number of ether oxygens (including phenoxy) is 1. The van der Waals surface area contributed by atoms with Crippen LogP contribution < -0.4 is 46.4 Å². The number of aliphatic hydroxyl groups is 1. The molecule has 5 aliphatic heterocycles. The number of hydrogen-bond donors (Lipinski definition) is 7. The fraction of sp³-hybridized carbons (Fsp3) is 0.563. The summed E-state index contributed by atoms with van der Waals surface area (Å²) in [7, 11) is 0. The van der Waals surface area contributed by atoms with Crippen LogP contribution in [0.25, 0.3) is 10.4 Å². The number of anilines is 3. The molecule has 6 aliphatic rings. The highest BCUT2D eigenvalue weighted by atomic mass is 32.1. The first-order valence-electron chi connectivity index (χ1n) is 34.3. The van der Waals surface area contributed by atoms with Crippen molar-refractivity contribution in [2.45, 2.75) is 148 Å². The number of alkyl halides is 1. The molecule has 1 spiro atoms. The van der Waals surface area contributed by atoms with Crippen LogP contribution in [-0.4, -0.2) is 203 Å². The molecule has 6 amide bonds. The molecule has 3 atom stereocenters. The van der Waals surface area contributed by atoms with Crippen LogP contribution in [0.15, 0.2) is 72.5 Å². The molecule has 0 unspecified atom stereocenters. The number of hydrogen-bond acceptors (Lipinski definition) is 18. The molecular formula is C71H94F3N15O8S. The number of carbonyl (C=O) groups excluding carboxylic acids is 6. The molecule has 1 aliphatic carbocycles. The van der Waals surface area contributed by atoms with E-state index >= 15 is 8.78 Å². The topological polar surface area (TPSA) is 262 Å². The van der Waals surface area contributed by atoms with Crippen molar-refractivity contribution in [2.24, 2.45) is 10.8 Å². The number of nitrogens with one attached hydrogen (secondary N) is 6. The maximum Gasteiger partial charge on any atom is 0.258 e. The van der Waals surface area contributed by atoms with Crippen molar-refractivity contribution < 1.29 is 51.8 Å². The van der Waals surface area contributed by atoms with Crippen molar-refractivity contribution in [1.29, 1.82) is 0 Å². The van der Waals surface area contributed by atoms with Gasteiger partial charge in [-0.2, -0.15) is 0 Å². The summed E-state index contributed by atoms with van der Waals surface area (Å²) in [6.07, 6.45) is 4.56. The second-order valence-electron chi connectivity index (χ2n) is 29.3. The first-order valence-corrected chi connectivity index (χ1v) is 35.2. The number of aliphatic hydroxyl groups excluding tert-OH is 1. The molecular weight excluding hydrogens is 1280 g/mol. The van der Waals surface area contributed by atoms with Gasteiger partial charge in [0.1, 0.15) is 47.4 Å². The number of likely N-dealkylation sites (tertiary alicyclic amines) is 2. The number of aryl methyl sites for hydroxylation is 1. The Hall–Kier alpha value is -7.98. The Balaban J connectivity index is 0.577. The number of nitrogens with zero attached hydrogens (tertiary/aromatic N) is 9. The Morgan fingerprint density at radius 2 is 1.52 bits per heavy atom. The number of piperazine rings is 2. The van der Waals surface area contributed by atoms with Gasteiger partial charge in [0.05, 0.1) is 46.5 Å². The Morgan fingerprint density at radius 3 is 2.23 bits per heavy atom. The van der Waals surface area contributed by atoms with Crippen molar-refractivity contribution in [3.63, 3.8) is 0 Å². The van der Waals surface area contributed by atoms with Crippen LogP contribution in [0.2, 0.25) is 0 Å². The molecule has 5 aromatic rings. The quantitative estimate of drug-likeness (QED) is 0.0339. The summed E-state index contributed by atoms with van der Waals surface area (Å²) in [5.41, 5.74) is 3.17. The first kappa shape index (κ1) is 71.3. The van der Waals surface area contributed by atoms with Gasteiger partial charge in [-0.25, -0.2) is 28.1 Å². The van der Waals surface area contributed by atoms with E-state index in [1.165, 1.54) is 34.7 Å². The van der Waals surface area contributed by atoms with Crippen LogP contribution >= 0.6 is 11.3 Å². The van der Waals surface area contributed by atoms with Gasteiger partial charge in [0, 0.05) is 115 Å². The van der Waals surface area contributed by atoms with Crippen LogP contribution in [0, 0.1) is 29.4 Å². The van der Waals surface area contributed by atoms with E-state index in [0.29, 0.717) is 87.8 Å². The first-order chi connectivity index (χ1) is 46.8. The number of thiazole rings is 1. The highest BCUT2D eigenvalue weighted by Gasteiger charge is 2.53. The monoisotopic (exact) mass is 1370 g/mol. The standard InChI is InChI=1S/C71H94F3N15O8S/c1-46-63(98-45-81-46)49-11-12-50(37-78-65(94)56-32-52(90)39-89(56)66(95)64(68(2,3)4)82-67(96)71(74)13-14-71)57(31-49)97-42-62(93)75-19-8-20-84-25-27-86(28-26-84)40-60(91)77-36-48-10-7-9-47(29-48)35-76-58-34-59(80-44-79-58)87-23-17-70(18-24-87)43-88(41-61(92)83-70)55-33-53(72)51(30-54(55)73)38-85-21-15-69(5,6)16-22-85/h7,9-12,29-31,33-34,44-45,52,56,64,90H,8,13-28,32,35-43H2,1-6H3,(H,75,93)(H,77,91)(H,78,94)(H,82,96)(H,83,92)(H,76,79,80)/t52-,56+,64-/m1/s1. The summed E-state index contributed by atoms with van der Waals surface area (Å²) in [5, 5.41) is 28.8. The molecule has 0 bridgehead atoms. The normalized spacial score (nSPS) is 20.5. The highest BCUT2D eigenvalue weighted by molar-refractivity contribution is 7.13. The maximum atomic E-state index is 15.8. The fourth-order valence-corrected chi connectivity index (χ4v) is 14.5. The SMILES string of the molecule is Cc1ncsc1-c1ccc(CNC(=O)[C@@H]2C[C@@H](O)CN2C(=O)[C@@H](NC(=O)C2(F)CC2)C(C)(C)C)c(OCC(=O)NCCCN2CCN(CC(=O)NCc3cccc(CNc4cc(N5CCC6(CC5)CN(c5cc(F)c(CN7CCC(C)(C)CC7)cc5F)CC(=O)N6)ncn4)c3)CC2)c1.